The van der Waals surface area contributed by atoms with Crippen molar-refractivity contribution in [1.82, 2.24) is 0 Å². The van der Waals surface area contributed by atoms with Gasteiger partial charge in [-0.1, -0.05) is 0 Å². The zero-order valence-electron chi connectivity index (χ0n) is 15.2. The number of rotatable bonds is 9. The lowest BCUT2D eigenvalue weighted by Gasteiger charge is -2.15. The second kappa shape index (κ2) is 11.2. The van der Waals surface area contributed by atoms with Gasteiger partial charge in [-0.2, -0.15) is 8.78 Å². The van der Waals surface area contributed by atoms with Crippen molar-refractivity contribution in [2.75, 3.05) is 32.7 Å². The number of halogens is 3. The zero-order chi connectivity index (χ0) is 19.8. The minimum Gasteiger partial charge on any atom is -0.493 e. The second-order valence-electron chi connectivity index (χ2n) is 5.20. The van der Waals surface area contributed by atoms with Crippen LogP contribution in [0.15, 0.2) is 36.4 Å². The van der Waals surface area contributed by atoms with Crippen molar-refractivity contribution < 1.29 is 32.5 Å². The first-order valence-electron chi connectivity index (χ1n) is 7.93. The third-order valence-electron chi connectivity index (χ3n) is 3.43. The second-order valence-corrected chi connectivity index (χ2v) is 5.20. The Hall–Kier alpha value is -2.78. The number of nitrogens with two attached hydrogens (primary N) is 1. The summed E-state index contributed by atoms with van der Waals surface area (Å²) in [6, 6.07) is 9.26. The van der Waals surface area contributed by atoms with Gasteiger partial charge in [0.05, 0.1) is 14.2 Å². The van der Waals surface area contributed by atoms with Crippen LogP contribution in [0.3, 0.4) is 0 Å². The Morgan fingerprint density at radius 2 is 1.68 bits per heavy atom. The largest absolute Gasteiger partial charge is 0.493 e. The van der Waals surface area contributed by atoms with Crippen molar-refractivity contribution in [2.24, 2.45) is 5.73 Å². The Labute approximate surface area is 167 Å². The van der Waals surface area contributed by atoms with Gasteiger partial charge in [-0.15, -0.1) is 12.4 Å². The molecule has 0 bridgehead atoms. The van der Waals surface area contributed by atoms with E-state index < -0.39 is 12.5 Å². The van der Waals surface area contributed by atoms with Crippen molar-refractivity contribution in [3.05, 3.63) is 42.0 Å². The monoisotopic (exact) mass is 418 g/mol. The first-order chi connectivity index (χ1) is 13.0. The van der Waals surface area contributed by atoms with E-state index in [1.807, 2.05) is 0 Å². The molecule has 2 rings (SSSR count). The number of amides is 1. The molecule has 0 unspecified atom stereocenters. The summed E-state index contributed by atoms with van der Waals surface area (Å²) in [4.78, 5) is 12.5. The third kappa shape index (κ3) is 6.14. The highest BCUT2D eigenvalue weighted by Crippen LogP contribution is 2.39. The van der Waals surface area contributed by atoms with Crippen LogP contribution < -0.4 is 30.0 Å². The van der Waals surface area contributed by atoms with Crippen LogP contribution in [0.25, 0.3) is 0 Å². The minimum atomic E-state index is -3.06. The summed E-state index contributed by atoms with van der Waals surface area (Å²) in [6.07, 6.45) is 0. The molecule has 154 valence electrons. The molecule has 2 aromatic carbocycles. The van der Waals surface area contributed by atoms with Crippen molar-refractivity contribution >= 4 is 24.0 Å². The molecule has 0 radical (unpaired) electrons. The van der Waals surface area contributed by atoms with E-state index in [2.05, 4.69) is 10.1 Å². The van der Waals surface area contributed by atoms with E-state index in [0.29, 0.717) is 24.6 Å². The fraction of sp³-hybridized carbons (Fsp3) is 0.278. The SMILES string of the molecule is COc1cc(C(=O)Nc2ccc(OCCN)cc2)cc(OC)c1OC(F)F.Cl. The van der Waals surface area contributed by atoms with Gasteiger partial charge >= 0.3 is 6.61 Å². The number of carbonyl (C=O) groups excluding carboxylic acids is 1. The van der Waals surface area contributed by atoms with E-state index >= 15 is 0 Å². The maximum Gasteiger partial charge on any atom is 0.387 e. The molecule has 3 N–H and O–H groups in total. The van der Waals surface area contributed by atoms with Crippen LogP contribution in [0.5, 0.6) is 23.0 Å². The van der Waals surface area contributed by atoms with E-state index in [-0.39, 0.29) is 35.2 Å². The molecule has 0 atom stereocenters. The molecule has 1 amide bonds. The predicted molar refractivity (Wildman–Crippen MR) is 102 cm³/mol. The standard InChI is InChI=1S/C18H20F2N2O5.ClH/c1-24-14-9-11(10-15(25-2)16(14)27-18(19)20)17(23)22-12-3-5-13(6-4-12)26-8-7-21;/h3-6,9-10,18H,7-8,21H2,1-2H3,(H,22,23);1H. The van der Waals surface area contributed by atoms with Crippen molar-refractivity contribution in [1.29, 1.82) is 0 Å². The van der Waals surface area contributed by atoms with Crippen LogP contribution in [-0.2, 0) is 0 Å². The lowest BCUT2D eigenvalue weighted by molar-refractivity contribution is -0.0526. The summed E-state index contributed by atoms with van der Waals surface area (Å²) in [5.41, 5.74) is 6.03. The number of hydrogen-bond donors (Lipinski definition) is 2. The molecule has 0 aromatic heterocycles. The molecule has 28 heavy (non-hydrogen) atoms. The summed E-state index contributed by atoms with van der Waals surface area (Å²) in [7, 11) is 2.55. The van der Waals surface area contributed by atoms with E-state index in [1.165, 1.54) is 26.4 Å². The molecule has 0 aliphatic carbocycles. The number of hydrogen-bond acceptors (Lipinski definition) is 6. The topological polar surface area (TPSA) is 92.0 Å². The zero-order valence-corrected chi connectivity index (χ0v) is 16.1. The highest BCUT2D eigenvalue weighted by atomic mass is 35.5. The predicted octanol–water partition coefficient (Wildman–Crippen LogP) is 3.32. The summed E-state index contributed by atoms with van der Waals surface area (Å²) >= 11 is 0. The molecule has 0 fully saturated rings. The highest BCUT2D eigenvalue weighted by Gasteiger charge is 2.20. The Kier molecular flexibility index (Phi) is 9.26. The number of carbonyl (C=O) groups is 1. The van der Waals surface area contributed by atoms with Crippen molar-refractivity contribution in [3.63, 3.8) is 0 Å². The molecule has 0 aliphatic rings. The molecule has 0 saturated carbocycles. The van der Waals surface area contributed by atoms with Gasteiger partial charge in [0.2, 0.25) is 5.75 Å². The van der Waals surface area contributed by atoms with Gasteiger partial charge in [0.1, 0.15) is 12.4 Å². The fourth-order valence-corrected chi connectivity index (χ4v) is 2.23. The molecule has 0 spiro atoms. The molecular formula is C18H21ClF2N2O5. The molecule has 7 nitrogen and oxygen atoms in total. The normalized spacial score (nSPS) is 10.1. The van der Waals surface area contributed by atoms with Gasteiger partial charge < -0.3 is 30.0 Å². The van der Waals surface area contributed by atoms with E-state index in [9.17, 15) is 13.6 Å². The van der Waals surface area contributed by atoms with Crippen LogP contribution in [-0.4, -0.2) is 39.9 Å². The van der Waals surface area contributed by atoms with Gasteiger partial charge in [0, 0.05) is 17.8 Å². The average Bonchev–Trinajstić information content (AvgIpc) is 2.67. The maximum absolute atomic E-state index is 12.6. The van der Waals surface area contributed by atoms with E-state index in [4.69, 9.17) is 19.9 Å². The fourth-order valence-electron chi connectivity index (χ4n) is 2.23. The Bertz CT molecular complexity index is 750. The van der Waals surface area contributed by atoms with Crippen LogP contribution in [0.1, 0.15) is 10.4 Å². The van der Waals surface area contributed by atoms with Crippen LogP contribution in [0, 0.1) is 0 Å². The Balaban J connectivity index is 0.00000392. The van der Waals surface area contributed by atoms with Gasteiger partial charge in [0.25, 0.3) is 5.91 Å². The molecule has 2 aromatic rings. The van der Waals surface area contributed by atoms with Gasteiger partial charge in [-0.25, -0.2) is 0 Å². The quantitative estimate of drug-likeness (QED) is 0.649. The van der Waals surface area contributed by atoms with E-state index in [1.54, 1.807) is 24.3 Å². The van der Waals surface area contributed by atoms with Crippen LogP contribution in [0.4, 0.5) is 14.5 Å². The molecule has 0 heterocycles. The highest BCUT2D eigenvalue weighted by molar-refractivity contribution is 6.05. The summed E-state index contributed by atoms with van der Waals surface area (Å²) in [5.74, 6) is -0.246. The lowest BCUT2D eigenvalue weighted by Crippen LogP contribution is -2.13. The molecule has 0 saturated heterocycles. The number of nitrogens with one attached hydrogen (secondary N) is 1. The molecule has 10 heteroatoms. The lowest BCUT2D eigenvalue weighted by atomic mass is 10.1. The van der Waals surface area contributed by atoms with Gasteiger partial charge in [-0.3, -0.25) is 4.79 Å². The average molecular weight is 419 g/mol. The summed E-state index contributed by atoms with van der Waals surface area (Å²) in [5, 5.41) is 2.69. The smallest absolute Gasteiger partial charge is 0.387 e. The molecule has 0 aliphatic heterocycles. The van der Waals surface area contributed by atoms with Crippen molar-refractivity contribution in [3.8, 4) is 23.0 Å². The summed E-state index contributed by atoms with van der Waals surface area (Å²) < 4.78 is 45.0. The van der Waals surface area contributed by atoms with E-state index in [0.717, 1.165) is 0 Å². The minimum absolute atomic E-state index is 0. The first-order valence-corrected chi connectivity index (χ1v) is 7.93. The third-order valence-corrected chi connectivity index (χ3v) is 3.43. The Morgan fingerprint density at radius 3 is 2.14 bits per heavy atom. The number of anilines is 1. The van der Waals surface area contributed by atoms with Crippen molar-refractivity contribution in [2.45, 2.75) is 6.61 Å². The van der Waals surface area contributed by atoms with Gasteiger partial charge in [0.15, 0.2) is 11.5 Å². The maximum atomic E-state index is 12.6. The number of alkyl halides is 2. The molecular weight excluding hydrogens is 398 g/mol. The first kappa shape index (κ1) is 23.3. The number of benzene rings is 2. The van der Waals surface area contributed by atoms with Gasteiger partial charge in [-0.05, 0) is 36.4 Å². The van der Waals surface area contributed by atoms with Crippen LogP contribution in [0.2, 0.25) is 0 Å². The number of methoxy groups -OCH3 is 2. The van der Waals surface area contributed by atoms with Crippen LogP contribution >= 0.6 is 12.4 Å². The summed E-state index contributed by atoms with van der Waals surface area (Å²) in [6.45, 7) is -2.28. The Morgan fingerprint density at radius 1 is 1.11 bits per heavy atom. The number of ether oxygens (including phenoxy) is 4.